The predicted molar refractivity (Wildman–Crippen MR) is 138 cm³/mol. The third-order valence-electron chi connectivity index (χ3n) is 9.17. The van der Waals surface area contributed by atoms with Gasteiger partial charge in [-0.05, 0) is 105 Å². The summed E-state index contributed by atoms with van der Waals surface area (Å²) in [5.41, 5.74) is 11.7. The van der Waals surface area contributed by atoms with Crippen LogP contribution in [0.25, 0.3) is 0 Å². The molecule has 4 aliphatic rings. The Hall–Kier alpha value is -1.61. The van der Waals surface area contributed by atoms with E-state index in [9.17, 15) is 4.79 Å². The van der Waals surface area contributed by atoms with E-state index in [4.69, 9.17) is 0 Å². The van der Waals surface area contributed by atoms with E-state index in [-0.39, 0.29) is 5.91 Å². The topological polar surface area (TPSA) is 41.1 Å². The van der Waals surface area contributed by atoms with E-state index in [1.807, 2.05) is 0 Å². The van der Waals surface area contributed by atoms with Crippen LogP contribution in [0, 0.1) is 29.6 Å². The molecule has 0 spiro atoms. The summed E-state index contributed by atoms with van der Waals surface area (Å²) in [6.07, 6.45) is 22.2. The molecule has 1 amide bonds. The van der Waals surface area contributed by atoms with E-state index in [1.165, 1.54) is 55.2 Å². The molecule has 0 aromatic heterocycles. The molecule has 0 heterocycles. The molecule has 33 heavy (non-hydrogen) atoms. The van der Waals surface area contributed by atoms with Crippen LogP contribution in [0.1, 0.15) is 98.3 Å². The summed E-state index contributed by atoms with van der Waals surface area (Å²) in [4.78, 5) is 13.7. The van der Waals surface area contributed by atoms with Crippen molar-refractivity contribution < 1.29 is 4.79 Å². The number of fused-ring (bicyclic) bond motifs is 2. The molecule has 4 aliphatic carbocycles. The molecule has 5 atom stereocenters. The molecule has 3 nitrogen and oxygen atoms in total. The largest absolute Gasteiger partial charge is 0.287 e. The minimum Gasteiger partial charge on any atom is -0.287 e. The third kappa shape index (κ3) is 5.24. The van der Waals surface area contributed by atoms with Crippen LogP contribution in [0.4, 0.5) is 0 Å². The summed E-state index contributed by atoms with van der Waals surface area (Å²) in [6, 6.07) is 0.446. The van der Waals surface area contributed by atoms with Gasteiger partial charge in [-0.3, -0.25) is 10.2 Å². The maximum absolute atomic E-state index is 13.7. The molecule has 0 aromatic rings. The Bertz CT molecular complexity index is 828. The normalized spacial score (nSPS) is 37.3. The lowest BCUT2D eigenvalue weighted by atomic mass is 9.76. The van der Waals surface area contributed by atoms with Crippen molar-refractivity contribution in [3.63, 3.8) is 0 Å². The highest BCUT2D eigenvalue weighted by molar-refractivity contribution is 5.98. The van der Waals surface area contributed by atoms with Crippen molar-refractivity contribution in [3.05, 3.63) is 46.6 Å². The number of allylic oxidation sites excluding steroid dienone is 6. The predicted octanol–water partition coefficient (Wildman–Crippen LogP) is 7.19. The van der Waals surface area contributed by atoms with Crippen molar-refractivity contribution in [2.24, 2.45) is 29.6 Å². The van der Waals surface area contributed by atoms with E-state index < -0.39 is 0 Å². The van der Waals surface area contributed by atoms with Gasteiger partial charge in [0, 0.05) is 11.6 Å². The second kappa shape index (κ2) is 11.2. The van der Waals surface area contributed by atoms with Crippen LogP contribution in [0.5, 0.6) is 0 Å². The number of hydrogen-bond acceptors (Lipinski definition) is 2. The van der Waals surface area contributed by atoms with Gasteiger partial charge < -0.3 is 0 Å². The number of amides is 1. The maximum atomic E-state index is 13.7. The Morgan fingerprint density at radius 2 is 1.79 bits per heavy atom. The lowest BCUT2D eigenvalue weighted by molar-refractivity contribution is -0.118. The zero-order valence-corrected chi connectivity index (χ0v) is 21.5. The molecule has 4 rings (SSSR count). The number of rotatable bonds is 8. The Balaban J connectivity index is 1.61. The Morgan fingerprint density at radius 1 is 1.06 bits per heavy atom. The molecule has 0 aromatic carbocycles. The molecule has 3 saturated carbocycles. The van der Waals surface area contributed by atoms with Gasteiger partial charge in [-0.1, -0.05) is 63.5 Å². The van der Waals surface area contributed by atoms with Gasteiger partial charge in [-0.2, -0.15) is 0 Å². The summed E-state index contributed by atoms with van der Waals surface area (Å²) in [7, 11) is 0. The molecule has 2 N–H and O–H groups in total. The number of carbonyl (C=O) groups is 1. The average Bonchev–Trinajstić information content (AvgIpc) is 3.04. The van der Waals surface area contributed by atoms with Gasteiger partial charge in [0.25, 0.3) is 5.91 Å². The highest BCUT2D eigenvalue weighted by atomic mass is 16.2. The molecule has 3 fully saturated rings. The van der Waals surface area contributed by atoms with Crippen molar-refractivity contribution >= 4 is 5.91 Å². The third-order valence-corrected chi connectivity index (χ3v) is 9.17. The van der Waals surface area contributed by atoms with Crippen molar-refractivity contribution in [2.75, 3.05) is 0 Å². The van der Waals surface area contributed by atoms with Gasteiger partial charge in [0.15, 0.2) is 0 Å². The fourth-order valence-corrected chi connectivity index (χ4v) is 7.41. The summed E-state index contributed by atoms with van der Waals surface area (Å²) in [6.45, 7) is 8.95. The van der Waals surface area contributed by atoms with E-state index in [2.05, 4.69) is 62.9 Å². The monoisotopic (exact) mass is 450 g/mol. The van der Waals surface area contributed by atoms with E-state index in [1.54, 1.807) is 0 Å². The van der Waals surface area contributed by atoms with Crippen LogP contribution in [0.2, 0.25) is 0 Å². The van der Waals surface area contributed by atoms with Crippen LogP contribution < -0.4 is 10.9 Å². The van der Waals surface area contributed by atoms with Crippen LogP contribution >= 0.6 is 0 Å². The molecule has 0 radical (unpaired) electrons. The minimum absolute atomic E-state index is 0.0535. The summed E-state index contributed by atoms with van der Waals surface area (Å²) in [5.74, 6) is 3.82. The first-order valence-corrected chi connectivity index (χ1v) is 13.9. The molecule has 0 saturated heterocycles. The zero-order valence-electron chi connectivity index (χ0n) is 21.5. The molecule has 182 valence electrons. The van der Waals surface area contributed by atoms with Gasteiger partial charge >= 0.3 is 0 Å². The van der Waals surface area contributed by atoms with Crippen molar-refractivity contribution in [3.8, 4) is 0 Å². The lowest BCUT2D eigenvalue weighted by Crippen LogP contribution is -2.52. The summed E-state index contributed by atoms with van der Waals surface area (Å²) in [5, 5.41) is 0. The highest BCUT2D eigenvalue weighted by Crippen LogP contribution is 2.53. The van der Waals surface area contributed by atoms with E-state index in [0.29, 0.717) is 12.0 Å². The van der Waals surface area contributed by atoms with Crippen LogP contribution in [-0.2, 0) is 4.79 Å². The van der Waals surface area contributed by atoms with Crippen LogP contribution in [0.15, 0.2) is 46.6 Å². The van der Waals surface area contributed by atoms with Gasteiger partial charge in [0.1, 0.15) is 0 Å². The van der Waals surface area contributed by atoms with Crippen molar-refractivity contribution in [1.29, 1.82) is 0 Å². The van der Waals surface area contributed by atoms with E-state index >= 15 is 0 Å². The SMILES string of the molecule is CC\C=C/C1=C(\C)CC\C=C/C(C(=O)NNC2C3CCCC4CC2CC4C3)=C\1C(CC)CC. The second-order valence-electron chi connectivity index (χ2n) is 11.1. The summed E-state index contributed by atoms with van der Waals surface area (Å²) >= 11 is 0. The Labute approximate surface area is 202 Å². The molecular weight excluding hydrogens is 404 g/mol. The van der Waals surface area contributed by atoms with Gasteiger partial charge in [0.2, 0.25) is 0 Å². The molecular formula is C30H46N2O. The van der Waals surface area contributed by atoms with Crippen molar-refractivity contribution in [1.82, 2.24) is 10.9 Å². The van der Waals surface area contributed by atoms with Gasteiger partial charge in [-0.15, -0.1) is 0 Å². The number of nitrogens with one attached hydrogen (secondary N) is 2. The lowest BCUT2D eigenvalue weighted by Gasteiger charge is -2.37. The fourth-order valence-electron chi connectivity index (χ4n) is 7.41. The fraction of sp³-hybridized carbons (Fsp3) is 0.700. The smallest absolute Gasteiger partial charge is 0.265 e. The van der Waals surface area contributed by atoms with E-state index in [0.717, 1.165) is 61.3 Å². The first-order chi connectivity index (χ1) is 16.1. The highest BCUT2D eigenvalue weighted by Gasteiger charge is 2.48. The number of carbonyl (C=O) groups excluding carboxylic acids is 1. The average molecular weight is 451 g/mol. The quantitative estimate of drug-likeness (QED) is 0.384. The molecule has 5 unspecified atom stereocenters. The van der Waals surface area contributed by atoms with Crippen molar-refractivity contribution in [2.45, 2.75) is 104 Å². The van der Waals surface area contributed by atoms with Gasteiger partial charge in [0.05, 0.1) is 0 Å². The molecule has 3 bridgehead atoms. The zero-order chi connectivity index (χ0) is 23.4. The van der Waals surface area contributed by atoms with Crippen LogP contribution in [0.3, 0.4) is 0 Å². The first kappa shape index (κ1) is 24.5. The number of hydrogen-bond donors (Lipinski definition) is 2. The Morgan fingerprint density at radius 3 is 2.55 bits per heavy atom. The minimum atomic E-state index is 0.0535. The van der Waals surface area contributed by atoms with Crippen LogP contribution in [-0.4, -0.2) is 11.9 Å². The maximum Gasteiger partial charge on any atom is 0.265 e. The second-order valence-corrected chi connectivity index (χ2v) is 11.1. The Kier molecular flexibility index (Phi) is 8.33. The molecule has 0 aliphatic heterocycles. The standard InChI is InChI=1S/C30H46N2O/c1-5-8-15-26-20(4)12-9-10-16-27(28(26)21(6-2)7-3)30(33)32-31-29-23-14-11-13-22-17-25(29)19-24(22)18-23/h8,10,15-16,21-25,29,31H,5-7,9,11-14,17-19H2,1-4H3,(H,32,33)/b15-8-,16-10-,26-20-,28-27+. The summed E-state index contributed by atoms with van der Waals surface area (Å²) < 4.78 is 0. The number of hydrazine groups is 1. The van der Waals surface area contributed by atoms with Gasteiger partial charge in [-0.25, -0.2) is 5.43 Å². The first-order valence-electron chi connectivity index (χ1n) is 13.9. The molecule has 3 heteroatoms.